The first kappa shape index (κ1) is 72.9. The second-order valence-electron chi connectivity index (χ2n) is 20.2. The molecule has 0 bridgehead atoms. The van der Waals surface area contributed by atoms with Crippen molar-refractivity contribution in [2.24, 2.45) is 5.73 Å². The van der Waals surface area contributed by atoms with Crippen molar-refractivity contribution in [3.05, 3.63) is 11.8 Å². The first-order valence-electron chi connectivity index (χ1n) is 26.4. The van der Waals surface area contributed by atoms with Gasteiger partial charge < -0.3 is 93.0 Å². The van der Waals surface area contributed by atoms with Gasteiger partial charge in [-0.15, -0.1) is 0 Å². The van der Waals surface area contributed by atoms with Crippen LogP contribution in [-0.2, 0) is 65.1 Å². The number of hydrogen-bond acceptors (Lipinski definition) is 22. The summed E-state index contributed by atoms with van der Waals surface area (Å²) in [6.45, 7) is 3.77. The van der Waals surface area contributed by atoms with Crippen LogP contribution in [0.15, 0.2) is 11.8 Å². The van der Waals surface area contributed by atoms with Crippen molar-refractivity contribution in [1.82, 2.24) is 47.4 Å². The van der Waals surface area contributed by atoms with E-state index in [0.717, 1.165) is 29.9 Å². The molecule has 4 rings (SSSR count). The molecule has 0 aromatic heterocycles. The highest BCUT2D eigenvalue weighted by molar-refractivity contribution is 8.77. The number of phosphoric ester groups is 1. The van der Waals surface area contributed by atoms with Crippen LogP contribution in [0.5, 0.6) is 0 Å². The summed E-state index contributed by atoms with van der Waals surface area (Å²) in [4.78, 5) is 148. The maximum absolute atomic E-state index is 13.6. The Labute approximate surface area is 499 Å². The third kappa shape index (κ3) is 27.2. The Morgan fingerprint density at radius 1 is 0.859 bits per heavy atom. The van der Waals surface area contributed by atoms with Gasteiger partial charge in [-0.1, -0.05) is 46.3 Å². The summed E-state index contributed by atoms with van der Waals surface area (Å²) in [5.41, 5.74) is 6.21. The Kier molecular flexibility index (Phi) is 29.4. The van der Waals surface area contributed by atoms with Gasteiger partial charge in [-0.05, 0) is 58.9 Å². The number of aliphatic carboxylic acids is 3. The van der Waals surface area contributed by atoms with Crippen LogP contribution >= 0.6 is 56.8 Å². The Morgan fingerprint density at radius 2 is 1.55 bits per heavy atom. The highest BCUT2D eigenvalue weighted by atomic mass is 33.1. The summed E-state index contributed by atoms with van der Waals surface area (Å²) in [5, 5.41) is 59.9. The Bertz CT molecular complexity index is 2650. The smallest absolute Gasteiger partial charge is 0.481 e. The predicted octanol–water partition coefficient (Wildman–Crippen LogP) is -0.576. The van der Waals surface area contributed by atoms with E-state index in [-0.39, 0.29) is 77.9 Å². The van der Waals surface area contributed by atoms with Crippen molar-refractivity contribution in [2.75, 3.05) is 37.7 Å². The lowest BCUT2D eigenvalue weighted by Gasteiger charge is -2.32. The second-order valence-corrected chi connectivity index (χ2v) is 29.0. The van der Waals surface area contributed by atoms with E-state index in [1.165, 1.54) is 17.0 Å². The molecule has 10 unspecified atom stereocenters. The SMILES string of the molecule is CC(C)(CCC(NCCCCC1SC[C@@H]2NC(=O)N[C@H]12)C(=O)NCCCCCC(=O)NC(CC(=O)O)C(=O)NC(CC(=O)O)C(=O)O)SSCCC(=O)NCC#CC1=CN(C2CC(O)C(COP(=O)(O)OP(=O)(O)OP(=O)(O)O)O2)C(=O)NC1N. The molecule has 3 saturated heterocycles. The summed E-state index contributed by atoms with van der Waals surface area (Å²) in [6, 6.07) is -4.84. The van der Waals surface area contributed by atoms with E-state index in [0.29, 0.717) is 44.4 Å². The summed E-state index contributed by atoms with van der Waals surface area (Å²) < 4.78 is 51.7. The van der Waals surface area contributed by atoms with E-state index < -0.39 is 121 Å². The maximum Gasteiger partial charge on any atom is 0.490 e. The van der Waals surface area contributed by atoms with Crippen molar-refractivity contribution < 1.29 is 115 Å². The zero-order valence-electron chi connectivity index (χ0n) is 46.0. The zero-order chi connectivity index (χ0) is 63.3. The fourth-order valence-electron chi connectivity index (χ4n) is 8.59. The summed E-state index contributed by atoms with van der Waals surface area (Å²) in [5.74, 6) is -0.296. The normalized spacial score (nSPS) is 23.6. The molecule has 0 aliphatic carbocycles. The number of amides is 8. The minimum atomic E-state index is -5.80. The van der Waals surface area contributed by atoms with E-state index in [2.05, 4.69) is 62.2 Å². The van der Waals surface area contributed by atoms with Gasteiger partial charge in [0, 0.05) is 53.5 Å². The average Bonchev–Trinajstić information content (AvgIpc) is 3.05. The van der Waals surface area contributed by atoms with Gasteiger partial charge in [0.15, 0.2) is 0 Å². The van der Waals surface area contributed by atoms with Gasteiger partial charge in [-0.3, -0.25) is 38.2 Å². The predicted molar refractivity (Wildman–Crippen MR) is 303 cm³/mol. The molecule has 0 saturated carbocycles. The first-order chi connectivity index (χ1) is 39.7. The number of ether oxygens (including phenoxy) is 1. The number of carbonyl (C=O) groups excluding carboxylic acids is 6. The minimum absolute atomic E-state index is 0.0756. The molecule has 4 aliphatic rings. The van der Waals surface area contributed by atoms with Crippen LogP contribution in [0.1, 0.15) is 97.3 Å². The van der Waals surface area contributed by atoms with Crippen molar-refractivity contribution in [2.45, 2.75) is 162 Å². The fraction of sp³-hybridized carbons (Fsp3) is 0.711. The molecule has 0 aromatic rings. The third-order valence-electron chi connectivity index (χ3n) is 12.8. The molecule has 18 N–H and O–H groups in total. The molecule has 4 aliphatic heterocycles. The number of hydrogen-bond donors (Lipinski definition) is 17. The lowest BCUT2D eigenvalue weighted by molar-refractivity contribution is -0.148. The van der Waals surface area contributed by atoms with Gasteiger partial charge in [0.05, 0.1) is 55.8 Å². The number of unbranched alkanes of at least 4 members (excludes halogenated alkanes) is 3. The number of nitrogens with two attached hydrogens (primary N) is 1. The van der Waals surface area contributed by atoms with Crippen LogP contribution in [-0.4, -0.2) is 201 Å². The Balaban J connectivity index is 1.21. The lowest BCUT2D eigenvalue weighted by atomic mass is 10.0. The van der Waals surface area contributed by atoms with Crippen LogP contribution in [0.2, 0.25) is 0 Å². The molecule has 0 spiro atoms. The van der Waals surface area contributed by atoms with Crippen LogP contribution in [0.3, 0.4) is 0 Å². The van der Waals surface area contributed by atoms with Crippen LogP contribution in [0.25, 0.3) is 0 Å². The summed E-state index contributed by atoms with van der Waals surface area (Å²) >= 11 is 1.82. The van der Waals surface area contributed by atoms with Gasteiger partial charge in [0.2, 0.25) is 23.6 Å². The number of carbonyl (C=O) groups is 9. The first-order valence-corrected chi connectivity index (χ1v) is 34.3. The zero-order valence-corrected chi connectivity index (χ0v) is 51.1. The number of fused-ring (bicyclic) bond motifs is 1. The monoisotopic (exact) mass is 1330 g/mol. The number of urea groups is 2. The van der Waals surface area contributed by atoms with Gasteiger partial charge in [-0.25, -0.2) is 28.1 Å². The average molecular weight is 1330 g/mol. The number of thioether (sulfide) groups is 1. The number of phosphoric acid groups is 3. The quantitative estimate of drug-likeness (QED) is 0.0121. The topological polar surface area (TPSA) is 529 Å². The van der Waals surface area contributed by atoms with Crippen LogP contribution in [0, 0.1) is 11.8 Å². The molecule has 12 atom stereocenters. The minimum Gasteiger partial charge on any atom is -0.481 e. The van der Waals surface area contributed by atoms with Crippen molar-refractivity contribution in [1.29, 1.82) is 0 Å². The molecule has 40 heteroatoms. The van der Waals surface area contributed by atoms with E-state index in [1.54, 1.807) is 10.8 Å². The van der Waals surface area contributed by atoms with Crippen molar-refractivity contribution in [3.8, 4) is 11.8 Å². The summed E-state index contributed by atoms with van der Waals surface area (Å²) in [7, 11) is -14.0. The van der Waals surface area contributed by atoms with E-state index in [9.17, 15) is 82.0 Å². The van der Waals surface area contributed by atoms with Crippen molar-refractivity contribution >= 4 is 110 Å². The van der Waals surface area contributed by atoms with E-state index in [4.69, 9.17) is 25.4 Å². The van der Waals surface area contributed by atoms with Crippen LogP contribution in [0.4, 0.5) is 9.59 Å². The molecule has 4 heterocycles. The molecule has 0 radical (unpaired) electrons. The fourth-order valence-corrected chi connectivity index (χ4v) is 15.7. The van der Waals surface area contributed by atoms with Gasteiger partial charge in [0.25, 0.3) is 0 Å². The maximum atomic E-state index is 13.6. The van der Waals surface area contributed by atoms with Gasteiger partial charge in [-0.2, -0.15) is 20.4 Å². The highest BCUT2D eigenvalue weighted by Crippen LogP contribution is 2.66. The highest BCUT2D eigenvalue weighted by Gasteiger charge is 2.45. The molecule has 0 aromatic carbocycles. The van der Waals surface area contributed by atoms with Gasteiger partial charge in [0.1, 0.15) is 30.6 Å². The van der Waals surface area contributed by atoms with Crippen molar-refractivity contribution in [3.63, 3.8) is 0 Å². The largest absolute Gasteiger partial charge is 0.490 e. The summed E-state index contributed by atoms with van der Waals surface area (Å²) in [6.07, 6.45) is -1.26. The molecular formula is C45H73N10O24P3S3. The molecule has 3 fully saturated rings. The number of carboxylic acids is 3. The van der Waals surface area contributed by atoms with E-state index >= 15 is 0 Å². The molecule has 34 nitrogen and oxygen atoms in total. The lowest BCUT2D eigenvalue weighted by Crippen LogP contribution is -2.54. The molecule has 85 heavy (non-hydrogen) atoms. The molecule has 480 valence electrons. The molecule has 8 amide bonds. The third-order valence-corrected chi connectivity index (χ3v) is 21.4. The molecular weight excluding hydrogens is 1250 g/mol. The number of aliphatic hydroxyl groups is 1. The Morgan fingerprint density at radius 3 is 2.24 bits per heavy atom. The van der Waals surface area contributed by atoms with Crippen LogP contribution < -0.4 is 48.3 Å². The second kappa shape index (κ2) is 34.3. The number of aliphatic hydroxyl groups excluding tert-OH is 1. The number of rotatable bonds is 38. The van der Waals surface area contributed by atoms with Gasteiger partial charge >= 0.3 is 53.4 Å². The van der Waals surface area contributed by atoms with E-state index in [1.807, 2.05) is 30.9 Å². The number of nitrogens with one attached hydrogen (secondary N) is 8. The number of carboxylic acid groups (broad SMARTS) is 3. The standard InChI is InChI=1S/C45H73N10O24P3S3/c1-45(2,85-84-18-13-33(57)48-17-8-9-25-22-55(44(68)54-39(25)46)35-21-30(56)31(77-35)23-76-81(72,73)79-82(74,75)78-80(69,70)71)14-12-26(47-15-7-5-10-32-38-29(24-83-32)52-43(67)53-38)40(63)49-16-6-3-4-11-34(58)50-27(19-36(59)60)41(64)51-28(42(65)66)20-37(61)62/h22,26-32,35,38-39,47,56H,3-7,10-21,23-24,46H2,1-2H3,(H,48,57)(H,49,63)(H,50,58)(H,51,64)(H,54,68)(H,59,60)(H,61,62)(H,65,66)(H,72,73)(H,74,75)(H2,52,53,67)(H2,69,70,71)/t26?,27?,28?,29-,30?,31?,32?,35?,38-,39?/m0/s1. The Hall–Kier alpha value is -4.57. The number of nitrogens with zero attached hydrogens (tertiary/aromatic N) is 1.